The van der Waals surface area contributed by atoms with Crippen LogP contribution in [-0.4, -0.2) is 66.2 Å². The Bertz CT molecular complexity index is 1230. The van der Waals surface area contributed by atoms with E-state index in [9.17, 15) is 9.59 Å². The molecule has 4 rings (SSSR count). The average molecular weight is 506 g/mol. The van der Waals surface area contributed by atoms with Gasteiger partial charge in [0.2, 0.25) is 0 Å². The highest BCUT2D eigenvalue weighted by Crippen LogP contribution is 2.38. The smallest absolute Gasteiger partial charge is 0.399 e. The van der Waals surface area contributed by atoms with Gasteiger partial charge in [-0.1, -0.05) is 26.0 Å². The van der Waals surface area contributed by atoms with E-state index in [0.29, 0.717) is 17.7 Å². The molecule has 0 spiro atoms. The first-order valence-corrected chi connectivity index (χ1v) is 13.1. The van der Waals surface area contributed by atoms with Crippen molar-refractivity contribution in [2.45, 2.75) is 66.6 Å². The molecule has 8 nitrogen and oxygen atoms in total. The topological polar surface area (TPSA) is 95.7 Å². The maximum absolute atomic E-state index is 13.0. The molecule has 1 fully saturated rings. The summed E-state index contributed by atoms with van der Waals surface area (Å²) in [4.78, 5) is 31.5. The van der Waals surface area contributed by atoms with Crippen LogP contribution in [0.5, 0.6) is 0 Å². The van der Waals surface area contributed by atoms with Crippen LogP contribution in [0.3, 0.4) is 0 Å². The van der Waals surface area contributed by atoms with Crippen molar-refractivity contribution in [2.24, 2.45) is 0 Å². The molecule has 3 N–H and O–H groups in total. The maximum Gasteiger partial charge on any atom is 0.494 e. The third kappa shape index (κ3) is 5.13. The molecule has 0 aliphatic carbocycles. The van der Waals surface area contributed by atoms with E-state index >= 15 is 0 Å². The van der Waals surface area contributed by atoms with E-state index in [1.807, 2.05) is 65.8 Å². The number of nitrogens with one attached hydrogen (secondary N) is 3. The molecule has 3 heterocycles. The summed E-state index contributed by atoms with van der Waals surface area (Å²) >= 11 is 0. The Labute approximate surface area is 220 Å². The Kier molecular flexibility index (Phi) is 7.43. The predicted molar refractivity (Wildman–Crippen MR) is 149 cm³/mol. The number of likely N-dealkylation sites (N-methyl/N-ethyl adjacent to an activating group) is 1. The van der Waals surface area contributed by atoms with Gasteiger partial charge >= 0.3 is 7.12 Å². The number of amides is 2. The molecule has 1 aromatic heterocycles. The van der Waals surface area contributed by atoms with Gasteiger partial charge in [-0.3, -0.25) is 9.59 Å². The summed E-state index contributed by atoms with van der Waals surface area (Å²) in [5.41, 5.74) is 4.96. The minimum atomic E-state index is -0.520. The Morgan fingerprint density at radius 2 is 1.76 bits per heavy atom. The summed E-state index contributed by atoms with van der Waals surface area (Å²) in [7, 11) is -0.520. The SMILES string of the molecule is CCN(CC)CCNC(=O)c1c(C)[nH]c(/C=C2\C(=O)Nc3ccc(B4OC(C)(C)C(C)(C)O4)cc32)c1C. The second-order valence-corrected chi connectivity index (χ2v) is 10.9. The Balaban J connectivity index is 1.59. The normalized spacial score (nSPS) is 19.0. The van der Waals surface area contributed by atoms with Gasteiger partial charge in [-0.25, -0.2) is 0 Å². The first kappa shape index (κ1) is 27.2. The van der Waals surface area contributed by atoms with Gasteiger partial charge in [0.1, 0.15) is 0 Å². The third-order valence-corrected chi connectivity index (χ3v) is 7.95. The number of hydrogen-bond acceptors (Lipinski definition) is 5. The third-order valence-electron chi connectivity index (χ3n) is 7.95. The van der Waals surface area contributed by atoms with Crippen LogP contribution in [0, 0.1) is 13.8 Å². The number of fused-ring (bicyclic) bond motifs is 1. The van der Waals surface area contributed by atoms with Crippen LogP contribution < -0.4 is 16.1 Å². The number of aromatic amines is 1. The van der Waals surface area contributed by atoms with Gasteiger partial charge in [0.15, 0.2) is 0 Å². The van der Waals surface area contributed by atoms with E-state index in [1.54, 1.807) is 0 Å². The second-order valence-electron chi connectivity index (χ2n) is 10.9. The van der Waals surface area contributed by atoms with Gasteiger partial charge < -0.3 is 29.8 Å². The summed E-state index contributed by atoms with van der Waals surface area (Å²) in [6, 6.07) is 5.76. The summed E-state index contributed by atoms with van der Waals surface area (Å²) in [6.45, 7) is 19.4. The number of carbonyl (C=O) groups excluding carboxylic acids is 2. The molecular weight excluding hydrogens is 467 g/mol. The van der Waals surface area contributed by atoms with E-state index in [-0.39, 0.29) is 11.8 Å². The lowest BCUT2D eigenvalue weighted by Crippen LogP contribution is -2.41. The molecule has 1 aromatic carbocycles. The number of nitrogens with zero attached hydrogens (tertiary/aromatic N) is 1. The van der Waals surface area contributed by atoms with Crippen molar-refractivity contribution in [3.63, 3.8) is 0 Å². The second kappa shape index (κ2) is 10.1. The fourth-order valence-corrected chi connectivity index (χ4v) is 4.83. The van der Waals surface area contributed by atoms with Crippen molar-refractivity contribution in [2.75, 3.05) is 31.5 Å². The molecule has 0 bridgehead atoms. The van der Waals surface area contributed by atoms with E-state index in [2.05, 4.69) is 34.4 Å². The molecular formula is C28H39BN4O4. The first-order chi connectivity index (χ1) is 17.4. The highest BCUT2D eigenvalue weighted by atomic mass is 16.7. The highest BCUT2D eigenvalue weighted by Gasteiger charge is 2.51. The molecule has 0 saturated carbocycles. The number of hydrogen-bond donors (Lipinski definition) is 3. The van der Waals surface area contributed by atoms with E-state index in [1.165, 1.54) is 0 Å². The molecule has 2 aliphatic heterocycles. The van der Waals surface area contributed by atoms with Crippen LogP contribution in [0.2, 0.25) is 0 Å². The predicted octanol–water partition coefficient (Wildman–Crippen LogP) is 3.50. The molecule has 2 amide bonds. The first-order valence-electron chi connectivity index (χ1n) is 13.1. The lowest BCUT2D eigenvalue weighted by atomic mass is 9.78. The van der Waals surface area contributed by atoms with Crippen LogP contribution in [0.4, 0.5) is 5.69 Å². The zero-order valence-corrected chi connectivity index (χ0v) is 23.3. The van der Waals surface area contributed by atoms with Crippen LogP contribution in [-0.2, 0) is 14.1 Å². The van der Waals surface area contributed by atoms with Crippen molar-refractivity contribution in [3.8, 4) is 0 Å². The van der Waals surface area contributed by atoms with Crippen LogP contribution in [0.15, 0.2) is 18.2 Å². The molecule has 2 aromatic rings. The number of rotatable bonds is 8. The number of carbonyl (C=O) groups is 2. The Hall–Kier alpha value is -2.88. The van der Waals surface area contributed by atoms with E-state index < -0.39 is 18.3 Å². The summed E-state index contributed by atoms with van der Waals surface area (Å²) < 4.78 is 12.4. The molecule has 198 valence electrons. The molecule has 2 aliphatic rings. The van der Waals surface area contributed by atoms with Gasteiger partial charge in [0.05, 0.1) is 22.3 Å². The largest absolute Gasteiger partial charge is 0.494 e. The van der Waals surface area contributed by atoms with Gasteiger partial charge in [-0.2, -0.15) is 0 Å². The average Bonchev–Trinajstić information content (AvgIpc) is 3.38. The van der Waals surface area contributed by atoms with Gasteiger partial charge in [0.25, 0.3) is 11.8 Å². The summed E-state index contributed by atoms with van der Waals surface area (Å²) in [5, 5.41) is 5.98. The lowest BCUT2D eigenvalue weighted by molar-refractivity contribution is -0.110. The van der Waals surface area contributed by atoms with E-state index in [4.69, 9.17) is 9.31 Å². The molecule has 0 unspecified atom stereocenters. The number of benzene rings is 1. The van der Waals surface area contributed by atoms with Crippen molar-refractivity contribution < 1.29 is 18.9 Å². The molecule has 0 atom stereocenters. The molecule has 1 saturated heterocycles. The molecule has 9 heteroatoms. The fraction of sp³-hybridized carbons (Fsp3) is 0.500. The zero-order valence-electron chi connectivity index (χ0n) is 23.3. The zero-order chi connectivity index (χ0) is 27.1. The van der Waals surface area contributed by atoms with Crippen LogP contribution >= 0.6 is 0 Å². The minimum Gasteiger partial charge on any atom is -0.399 e. The minimum absolute atomic E-state index is 0.109. The molecule has 37 heavy (non-hydrogen) atoms. The van der Waals surface area contributed by atoms with Gasteiger partial charge in [-0.05, 0) is 77.8 Å². The van der Waals surface area contributed by atoms with Gasteiger partial charge in [-0.15, -0.1) is 0 Å². The van der Waals surface area contributed by atoms with Crippen LogP contribution in [0.1, 0.15) is 74.4 Å². The highest BCUT2D eigenvalue weighted by molar-refractivity contribution is 6.62. The van der Waals surface area contributed by atoms with Crippen molar-refractivity contribution >= 4 is 41.7 Å². The number of aromatic nitrogens is 1. The maximum atomic E-state index is 13.0. The van der Waals surface area contributed by atoms with Gasteiger partial charge in [0, 0.05) is 35.7 Å². The number of anilines is 1. The van der Waals surface area contributed by atoms with Crippen molar-refractivity contribution in [1.29, 1.82) is 0 Å². The monoisotopic (exact) mass is 506 g/mol. The fourth-order valence-electron chi connectivity index (χ4n) is 4.83. The standard InChI is InChI=1S/C28H39BN4O4/c1-9-33(10-2)14-13-30-26(35)24-17(3)23(31-18(24)4)16-21-20-15-19(11-12-22(20)32-25(21)34)29-36-27(5,6)28(7,8)37-29/h11-12,15-16,31H,9-10,13-14H2,1-8H3,(H,30,35)(H,32,34)/b21-16-. The number of aryl methyl sites for hydroxylation is 1. The van der Waals surface area contributed by atoms with Crippen LogP contribution in [0.25, 0.3) is 11.6 Å². The quantitative estimate of drug-likeness (QED) is 0.376. The number of H-pyrrole nitrogens is 1. The Morgan fingerprint density at radius 1 is 1.11 bits per heavy atom. The summed E-state index contributed by atoms with van der Waals surface area (Å²) in [5.74, 6) is -0.291. The summed E-state index contributed by atoms with van der Waals surface area (Å²) in [6.07, 6.45) is 1.82. The van der Waals surface area contributed by atoms with Crippen molar-refractivity contribution in [3.05, 3.63) is 46.3 Å². The lowest BCUT2D eigenvalue weighted by Gasteiger charge is -2.32. The van der Waals surface area contributed by atoms with Crippen molar-refractivity contribution in [1.82, 2.24) is 15.2 Å². The molecule has 0 radical (unpaired) electrons. The van der Waals surface area contributed by atoms with E-state index in [0.717, 1.165) is 53.3 Å². The Morgan fingerprint density at radius 3 is 2.38 bits per heavy atom.